The van der Waals surface area contributed by atoms with Gasteiger partial charge in [0.1, 0.15) is 29.0 Å². The van der Waals surface area contributed by atoms with E-state index in [1.54, 1.807) is 0 Å². The van der Waals surface area contributed by atoms with Gasteiger partial charge in [-0.2, -0.15) is 0 Å². The minimum absolute atomic E-state index is 0.566. The number of anilines is 3. The monoisotopic (exact) mass is 332 g/mol. The second kappa shape index (κ2) is 6.81. The van der Waals surface area contributed by atoms with Crippen molar-refractivity contribution in [3.8, 4) is 11.5 Å². The summed E-state index contributed by atoms with van der Waals surface area (Å²) in [7, 11) is 0. The molecule has 126 valence electrons. The van der Waals surface area contributed by atoms with E-state index in [0.717, 1.165) is 34.6 Å². The highest BCUT2D eigenvalue weighted by atomic mass is 16.5. The fraction of sp³-hybridized carbons (Fsp3) is 0.200. The lowest BCUT2D eigenvalue weighted by atomic mass is 10.3. The molecule has 25 heavy (non-hydrogen) atoms. The fourth-order valence-electron chi connectivity index (χ4n) is 2.52. The molecule has 2 N–H and O–H groups in total. The van der Waals surface area contributed by atoms with Gasteiger partial charge in [-0.15, -0.1) is 0 Å². The van der Waals surface area contributed by atoms with Crippen molar-refractivity contribution in [2.45, 2.75) is 25.8 Å². The molecule has 0 bridgehead atoms. The van der Waals surface area contributed by atoms with Crippen LogP contribution < -0.4 is 15.4 Å². The fourth-order valence-corrected chi connectivity index (χ4v) is 2.52. The lowest BCUT2D eigenvalue weighted by molar-refractivity contribution is 0.483. The smallest absolute Gasteiger partial charge is 0.136 e. The number of aryl methyl sites for hydroxylation is 1. The zero-order valence-electron chi connectivity index (χ0n) is 14.1. The Morgan fingerprint density at radius 1 is 0.880 bits per heavy atom. The maximum absolute atomic E-state index is 5.81. The van der Waals surface area contributed by atoms with Crippen molar-refractivity contribution in [1.29, 1.82) is 0 Å². The number of para-hydroxylation sites is 1. The first-order valence-corrected chi connectivity index (χ1v) is 8.47. The van der Waals surface area contributed by atoms with Gasteiger partial charge in [0.05, 0.1) is 0 Å². The van der Waals surface area contributed by atoms with E-state index < -0.39 is 0 Å². The molecule has 1 saturated carbocycles. The van der Waals surface area contributed by atoms with Crippen LogP contribution in [0.5, 0.6) is 11.5 Å². The number of hydrogen-bond acceptors (Lipinski definition) is 5. The predicted octanol–water partition coefficient (Wildman–Crippen LogP) is 4.90. The molecule has 1 heterocycles. The third-order valence-electron chi connectivity index (χ3n) is 3.87. The molecule has 0 spiro atoms. The molecular formula is C20H20N4O. The van der Waals surface area contributed by atoms with E-state index >= 15 is 0 Å². The Bertz CT molecular complexity index is 845. The maximum Gasteiger partial charge on any atom is 0.136 e. The van der Waals surface area contributed by atoms with Gasteiger partial charge in [0.15, 0.2) is 0 Å². The third kappa shape index (κ3) is 4.26. The SMILES string of the molecule is Cc1nc(Nc2ccc(Oc3ccccc3)cc2)cc(NC2CC2)n1. The lowest BCUT2D eigenvalue weighted by Gasteiger charge is -2.10. The molecule has 1 aliphatic carbocycles. The van der Waals surface area contributed by atoms with Gasteiger partial charge in [-0.1, -0.05) is 18.2 Å². The van der Waals surface area contributed by atoms with Crippen LogP contribution in [0.15, 0.2) is 60.7 Å². The minimum atomic E-state index is 0.566. The molecule has 0 amide bonds. The van der Waals surface area contributed by atoms with Crippen LogP contribution in [0, 0.1) is 6.92 Å². The summed E-state index contributed by atoms with van der Waals surface area (Å²) in [5.41, 5.74) is 0.955. The van der Waals surface area contributed by atoms with Gasteiger partial charge in [0.25, 0.3) is 0 Å². The van der Waals surface area contributed by atoms with Gasteiger partial charge in [-0.3, -0.25) is 0 Å². The molecule has 3 aromatic rings. The third-order valence-corrected chi connectivity index (χ3v) is 3.87. The molecule has 5 nitrogen and oxygen atoms in total. The Hall–Kier alpha value is -3.08. The Morgan fingerprint density at radius 3 is 2.28 bits per heavy atom. The summed E-state index contributed by atoms with van der Waals surface area (Å²) < 4.78 is 5.81. The number of ether oxygens (including phenoxy) is 1. The number of aromatic nitrogens is 2. The number of nitrogens with zero attached hydrogens (tertiary/aromatic N) is 2. The number of hydrogen-bond donors (Lipinski definition) is 2. The summed E-state index contributed by atoms with van der Waals surface area (Å²) in [5, 5.41) is 6.73. The second-order valence-electron chi connectivity index (χ2n) is 6.17. The van der Waals surface area contributed by atoms with Gasteiger partial charge in [0, 0.05) is 17.8 Å². The molecule has 2 aromatic carbocycles. The second-order valence-corrected chi connectivity index (χ2v) is 6.17. The first kappa shape index (κ1) is 15.4. The maximum atomic E-state index is 5.81. The van der Waals surface area contributed by atoms with Crippen molar-refractivity contribution in [3.63, 3.8) is 0 Å². The van der Waals surface area contributed by atoms with E-state index in [0.29, 0.717) is 6.04 Å². The molecule has 5 heteroatoms. The molecule has 4 rings (SSSR count). The number of rotatable bonds is 6. The molecule has 0 radical (unpaired) electrons. The molecule has 0 saturated heterocycles. The Kier molecular flexibility index (Phi) is 4.21. The number of benzene rings is 2. The average Bonchev–Trinajstić information content (AvgIpc) is 3.41. The van der Waals surface area contributed by atoms with Crippen LogP contribution in [0.2, 0.25) is 0 Å². The first-order valence-electron chi connectivity index (χ1n) is 8.47. The van der Waals surface area contributed by atoms with Gasteiger partial charge in [0.2, 0.25) is 0 Å². The van der Waals surface area contributed by atoms with E-state index in [-0.39, 0.29) is 0 Å². The molecule has 0 atom stereocenters. The largest absolute Gasteiger partial charge is 0.457 e. The molecule has 1 aliphatic rings. The van der Waals surface area contributed by atoms with E-state index in [1.165, 1.54) is 12.8 Å². The molecule has 0 unspecified atom stereocenters. The van der Waals surface area contributed by atoms with E-state index in [4.69, 9.17) is 4.74 Å². The summed E-state index contributed by atoms with van der Waals surface area (Å²) in [5.74, 6) is 4.03. The van der Waals surface area contributed by atoms with Crippen molar-refractivity contribution in [2.75, 3.05) is 10.6 Å². The van der Waals surface area contributed by atoms with E-state index in [1.807, 2.05) is 67.6 Å². The predicted molar refractivity (Wildman–Crippen MR) is 99.7 cm³/mol. The number of nitrogens with one attached hydrogen (secondary N) is 2. The Balaban J connectivity index is 1.44. The van der Waals surface area contributed by atoms with Gasteiger partial charge < -0.3 is 15.4 Å². The topological polar surface area (TPSA) is 59.1 Å². The van der Waals surface area contributed by atoms with Crippen LogP contribution >= 0.6 is 0 Å². The highest BCUT2D eigenvalue weighted by molar-refractivity contribution is 5.60. The molecule has 0 aliphatic heterocycles. The average molecular weight is 332 g/mol. The summed E-state index contributed by atoms with van der Waals surface area (Å²) in [6, 6.07) is 20.1. The zero-order chi connectivity index (χ0) is 17.1. The normalized spacial score (nSPS) is 13.3. The van der Waals surface area contributed by atoms with Crippen LogP contribution in [0.3, 0.4) is 0 Å². The summed E-state index contributed by atoms with van der Waals surface area (Å²) in [4.78, 5) is 8.89. The minimum Gasteiger partial charge on any atom is -0.457 e. The van der Waals surface area contributed by atoms with E-state index in [9.17, 15) is 0 Å². The zero-order valence-corrected chi connectivity index (χ0v) is 14.1. The summed E-state index contributed by atoms with van der Waals surface area (Å²) in [6.45, 7) is 1.90. The van der Waals surface area contributed by atoms with Crippen molar-refractivity contribution in [2.24, 2.45) is 0 Å². The highest BCUT2D eigenvalue weighted by Gasteiger charge is 2.21. The molecule has 1 fully saturated rings. The van der Waals surface area contributed by atoms with Crippen LogP contribution in [0.1, 0.15) is 18.7 Å². The van der Waals surface area contributed by atoms with Gasteiger partial charge >= 0.3 is 0 Å². The van der Waals surface area contributed by atoms with Crippen molar-refractivity contribution < 1.29 is 4.74 Å². The molecular weight excluding hydrogens is 312 g/mol. The van der Waals surface area contributed by atoms with Crippen molar-refractivity contribution in [3.05, 3.63) is 66.5 Å². The van der Waals surface area contributed by atoms with Gasteiger partial charge in [-0.25, -0.2) is 9.97 Å². The van der Waals surface area contributed by atoms with Crippen LogP contribution in [-0.2, 0) is 0 Å². The van der Waals surface area contributed by atoms with Gasteiger partial charge in [-0.05, 0) is 56.2 Å². The van der Waals surface area contributed by atoms with Crippen molar-refractivity contribution in [1.82, 2.24) is 9.97 Å². The molecule has 1 aromatic heterocycles. The van der Waals surface area contributed by atoms with E-state index in [2.05, 4.69) is 20.6 Å². The quantitative estimate of drug-likeness (QED) is 0.672. The lowest BCUT2D eigenvalue weighted by Crippen LogP contribution is -2.06. The van der Waals surface area contributed by atoms with Crippen LogP contribution in [0.4, 0.5) is 17.3 Å². The van der Waals surface area contributed by atoms with Crippen LogP contribution in [0.25, 0.3) is 0 Å². The Morgan fingerprint density at radius 2 is 1.56 bits per heavy atom. The van der Waals surface area contributed by atoms with Crippen LogP contribution in [-0.4, -0.2) is 16.0 Å². The highest BCUT2D eigenvalue weighted by Crippen LogP contribution is 2.26. The summed E-state index contributed by atoms with van der Waals surface area (Å²) in [6.07, 6.45) is 2.43. The van der Waals surface area contributed by atoms with Crippen molar-refractivity contribution >= 4 is 17.3 Å². The summed E-state index contributed by atoms with van der Waals surface area (Å²) >= 11 is 0. The Labute approximate surface area is 147 Å². The standard InChI is InChI=1S/C20H20N4O/c1-14-21-19(23-15-7-8-15)13-20(22-14)24-16-9-11-18(12-10-16)25-17-5-3-2-4-6-17/h2-6,9-13,15H,7-8H2,1H3,(H2,21,22,23,24). The first-order chi connectivity index (χ1) is 12.2.